The summed E-state index contributed by atoms with van der Waals surface area (Å²) in [6.07, 6.45) is 2.02. The van der Waals surface area contributed by atoms with Gasteiger partial charge in [0.15, 0.2) is 0 Å². The van der Waals surface area contributed by atoms with Gasteiger partial charge in [-0.15, -0.1) is 5.10 Å². The van der Waals surface area contributed by atoms with Crippen molar-refractivity contribution in [2.75, 3.05) is 17.1 Å². The van der Waals surface area contributed by atoms with E-state index < -0.39 is 10.0 Å². The largest absolute Gasteiger partial charge is 0.497 e. The van der Waals surface area contributed by atoms with Crippen LogP contribution in [0.25, 0.3) is 5.70 Å². The molecular weight excluding hydrogens is 474 g/mol. The van der Waals surface area contributed by atoms with Crippen LogP contribution in [0, 0.1) is 0 Å². The zero-order chi connectivity index (χ0) is 23.7. The first kappa shape index (κ1) is 22.0. The third-order valence-corrected chi connectivity index (χ3v) is 6.95. The lowest BCUT2D eigenvalue weighted by atomic mass is 10.0. The van der Waals surface area contributed by atoms with Crippen LogP contribution in [0.4, 0.5) is 11.9 Å². The Morgan fingerprint density at radius 3 is 2.38 bits per heavy atom. The molecule has 0 aliphatic carbocycles. The third kappa shape index (κ3) is 4.35. The Kier molecular flexibility index (Phi) is 5.72. The van der Waals surface area contributed by atoms with Crippen LogP contribution in [0.15, 0.2) is 89.8 Å². The van der Waals surface area contributed by atoms with Gasteiger partial charge in [0.05, 0.1) is 12.0 Å². The number of anilines is 2. The monoisotopic (exact) mass is 493 g/mol. The molecule has 8 nitrogen and oxygen atoms in total. The van der Waals surface area contributed by atoms with Gasteiger partial charge in [0.1, 0.15) is 11.8 Å². The fraction of sp³-hybridized carbons (Fsp3) is 0.0833. The second-order valence-electron chi connectivity index (χ2n) is 7.55. The van der Waals surface area contributed by atoms with E-state index in [2.05, 4.69) is 20.1 Å². The molecule has 2 N–H and O–H groups in total. The smallest absolute Gasteiger partial charge is 0.264 e. The number of methoxy groups -OCH3 is 1. The van der Waals surface area contributed by atoms with E-state index in [9.17, 15) is 8.42 Å². The second-order valence-corrected chi connectivity index (χ2v) is 9.67. The van der Waals surface area contributed by atoms with Crippen LogP contribution in [0.3, 0.4) is 0 Å². The number of ether oxygens (including phenoxy) is 1. The number of hydrogen-bond acceptors (Lipinski definition) is 6. The van der Waals surface area contributed by atoms with E-state index in [1.54, 1.807) is 11.8 Å². The fourth-order valence-electron chi connectivity index (χ4n) is 3.65. The minimum atomic E-state index is -3.89. The standard InChI is InChI=1S/C24H20ClN5O3S/c1-33-19-11-7-17(8-12-19)22-15-21(16-5-3-2-4-6-16)26-24-27-23(28-30(22)24)29-34(31,32)20-13-9-18(25)10-14-20/h2-15,22H,1H3,(H2,26,27,28,29). The van der Waals surface area contributed by atoms with Crippen LogP contribution < -0.4 is 14.8 Å². The molecule has 172 valence electrons. The van der Waals surface area contributed by atoms with E-state index in [1.807, 2.05) is 60.7 Å². The van der Waals surface area contributed by atoms with Crippen LogP contribution in [0.5, 0.6) is 5.75 Å². The van der Waals surface area contributed by atoms with Gasteiger partial charge in [-0.25, -0.2) is 17.8 Å². The van der Waals surface area contributed by atoms with Gasteiger partial charge in [0.25, 0.3) is 16.0 Å². The summed E-state index contributed by atoms with van der Waals surface area (Å²) in [6, 6.07) is 23.0. The van der Waals surface area contributed by atoms with E-state index in [4.69, 9.17) is 16.3 Å². The average molecular weight is 494 g/mol. The van der Waals surface area contributed by atoms with Gasteiger partial charge in [-0.1, -0.05) is 54.1 Å². The lowest BCUT2D eigenvalue weighted by molar-refractivity contribution is 0.414. The summed E-state index contributed by atoms with van der Waals surface area (Å²) >= 11 is 5.88. The molecule has 0 saturated heterocycles. The normalized spacial score (nSPS) is 15.1. The first-order valence-electron chi connectivity index (χ1n) is 10.4. The predicted molar refractivity (Wildman–Crippen MR) is 131 cm³/mol. The summed E-state index contributed by atoms with van der Waals surface area (Å²) in [5.41, 5.74) is 2.75. The molecule has 0 bridgehead atoms. The Labute approximate surface area is 201 Å². The molecule has 0 radical (unpaired) electrons. The molecule has 1 aliphatic heterocycles. The molecule has 1 aliphatic rings. The summed E-state index contributed by atoms with van der Waals surface area (Å²) in [6.45, 7) is 0. The van der Waals surface area contributed by atoms with E-state index in [0.29, 0.717) is 11.0 Å². The molecule has 5 rings (SSSR count). The maximum Gasteiger partial charge on any atom is 0.264 e. The minimum Gasteiger partial charge on any atom is -0.497 e. The zero-order valence-corrected chi connectivity index (χ0v) is 19.6. The van der Waals surface area contributed by atoms with Crippen molar-refractivity contribution in [2.45, 2.75) is 10.9 Å². The summed E-state index contributed by atoms with van der Waals surface area (Å²) in [5, 5.41) is 8.17. The number of rotatable bonds is 6. The highest BCUT2D eigenvalue weighted by molar-refractivity contribution is 7.92. The summed E-state index contributed by atoms with van der Waals surface area (Å²) < 4.78 is 35.1. The molecule has 2 heterocycles. The maximum absolute atomic E-state index is 12.8. The van der Waals surface area contributed by atoms with Gasteiger partial charge in [0.2, 0.25) is 5.95 Å². The molecule has 1 aromatic heterocycles. The van der Waals surface area contributed by atoms with Crippen molar-refractivity contribution in [1.29, 1.82) is 0 Å². The predicted octanol–water partition coefficient (Wildman–Crippen LogP) is 4.80. The SMILES string of the molecule is COc1ccc(C2C=C(c3ccccc3)Nc3nc(NS(=O)(=O)c4ccc(Cl)cc4)nn32)cc1. The Morgan fingerprint density at radius 2 is 1.71 bits per heavy atom. The topological polar surface area (TPSA) is 98.1 Å². The molecule has 0 amide bonds. The summed E-state index contributed by atoms with van der Waals surface area (Å²) in [7, 11) is -2.28. The lowest BCUT2D eigenvalue weighted by Gasteiger charge is -2.24. The zero-order valence-electron chi connectivity index (χ0n) is 18.0. The van der Waals surface area contributed by atoms with E-state index in [1.165, 1.54) is 24.3 Å². The fourth-order valence-corrected chi connectivity index (χ4v) is 4.72. The first-order chi connectivity index (χ1) is 16.4. The minimum absolute atomic E-state index is 0.0429. The van der Waals surface area contributed by atoms with E-state index >= 15 is 0 Å². The number of nitrogens with zero attached hydrogens (tertiary/aromatic N) is 3. The Morgan fingerprint density at radius 1 is 1.00 bits per heavy atom. The quantitative estimate of drug-likeness (QED) is 0.400. The maximum atomic E-state index is 12.8. The van der Waals surface area contributed by atoms with Crippen molar-refractivity contribution in [3.05, 3.63) is 101 Å². The summed E-state index contributed by atoms with van der Waals surface area (Å²) in [4.78, 5) is 4.49. The number of allylic oxidation sites excluding steroid dienone is 1. The second kappa shape index (κ2) is 8.85. The highest BCUT2D eigenvalue weighted by Crippen LogP contribution is 2.34. The third-order valence-electron chi connectivity index (χ3n) is 5.36. The van der Waals surface area contributed by atoms with Gasteiger partial charge < -0.3 is 10.1 Å². The number of benzene rings is 3. The van der Waals surface area contributed by atoms with Gasteiger partial charge in [-0.05, 0) is 53.6 Å². The molecule has 34 heavy (non-hydrogen) atoms. The molecule has 3 aromatic carbocycles. The molecule has 1 unspecified atom stereocenters. The van der Waals surface area contributed by atoms with E-state index in [0.717, 1.165) is 22.6 Å². The van der Waals surface area contributed by atoms with Crippen molar-refractivity contribution in [3.63, 3.8) is 0 Å². The van der Waals surface area contributed by atoms with Gasteiger partial charge >= 0.3 is 0 Å². The number of fused-ring (bicyclic) bond motifs is 1. The van der Waals surface area contributed by atoms with Gasteiger partial charge in [-0.2, -0.15) is 4.98 Å². The van der Waals surface area contributed by atoms with Crippen LogP contribution in [-0.4, -0.2) is 30.3 Å². The van der Waals surface area contributed by atoms with Crippen LogP contribution in [-0.2, 0) is 10.0 Å². The van der Waals surface area contributed by atoms with Crippen LogP contribution in [0.2, 0.25) is 5.02 Å². The van der Waals surface area contributed by atoms with E-state index in [-0.39, 0.29) is 16.9 Å². The number of aromatic nitrogens is 3. The first-order valence-corrected chi connectivity index (χ1v) is 12.2. The van der Waals surface area contributed by atoms with Gasteiger partial charge in [0, 0.05) is 10.7 Å². The number of sulfonamides is 1. The number of nitrogens with one attached hydrogen (secondary N) is 2. The highest BCUT2D eigenvalue weighted by Gasteiger charge is 2.27. The van der Waals surface area contributed by atoms with Crippen molar-refractivity contribution in [2.24, 2.45) is 0 Å². The van der Waals surface area contributed by atoms with Gasteiger partial charge in [-0.3, -0.25) is 0 Å². The molecule has 0 fully saturated rings. The van der Waals surface area contributed by atoms with Crippen molar-refractivity contribution >= 4 is 39.2 Å². The van der Waals surface area contributed by atoms with Crippen molar-refractivity contribution in [3.8, 4) is 5.75 Å². The van der Waals surface area contributed by atoms with Crippen LogP contribution in [0.1, 0.15) is 17.2 Å². The summed E-state index contributed by atoms with van der Waals surface area (Å²) in [5.74, 6) is 1.11. The lowest BCUT2D eigenvalue weighted by Crippen LogP contribution is -2.20. The van der Waals surface area contributed by atoms with Crippen molar-refractivity contribution in [1.82, 2.24) is 14.8 Å². The molecule has 0 spiro atoms. The molecule has 4 aromatic rings. The Balaban J connectivity index is 1.53. The molecular formula is C24H20ClN5O3S. The Bertz CT molecular complexity index is 1450. The van der Waals surface area contributed by atoms with Crippen molar-refractivity contribution < 1.29 is 13.2 Å². The number of halogens is 1. The number of hydrogen-bond donors (Lipinski definition) is 2. The highest BCUT2D eigenvalue weighted by atomic mass is 35.5. The molecule has 1 atom stereocenters. The molecule has 0 saturated carbocycles. The Hall–Kier alpha value is -3.82. The average Bonchev–Trinajstić information content (AvgIpc) is 3.26. The van der Waals surface area contributed by atoms with Crippen LogP contribution >= 0.6 is 11.6 Å². The molecule has 10 heteroatoms.